The molecule has 0 bridgehead atoms. The van der Waals surface area contributed by atoms with Crippen molar-refractivity contribution >= 4 is 0 Å². The molecule has 1 atom stereocenters. The minimum Gasteiger partial charge on any atom is -0.497 e. The van der Waals surface area contributed by atoms with E-state index in [0.29, 0.717) is 17.3 Å². The Morgan fingerprint density at radius 1 is 1.20 bits per heavy atom. The van der Waals surface area contributed by atoms with Gasteiger partial charge in [-0.05, 0) is 12.1 Å². The molecule has 2 N–H and O–H groups in total. The van der Waals surface area contributed by atoms with Gasteiger partial charge in [0.15, 0.2) is 0 Å². The fraction of sp³-hybridized carbons (Fsp3) is 0.357. The van der Waals surface area contributed by atoms with Gasteiger partial charge in [0.25, 0.3) is 0 Å². The minimum atomic E-state index is -0.824. The summed E-state index contributed by atoms with van der Waals surface area (Å²) in [6, 6.07) is 5.46. The Morgan fingerprint density at radius 2 is 1.85 bits per heavy atom. The van der Waals surface area contributed by atoms with Gasteiger partial charge in [-0.25, -0.2) is 4.98 Å². The van der Waals surface area contributed by atoms with E-state index in [1.165, 1.54) is 0 Å². The zero-order valence-corrected chi connectivity index (χ0v) is 11.5. The second kappa shape index (κ2) is 6.40. The van der Waals surface area contributed by atoms with Crippen molar-refractivity contribution in [2.45, 2.75) is 12.6 Å². The molecule has 1 aromatic carbocycles. The first-order valence-electron chi connectivity index (χ1n) is 6.21. The van der Waals surface area contributed by atoms with E-state index in [1.54, 1.807) is 37.2 Å². The quantitative estimate of drug-likeness (QED) is 0.821. The highest BCUT2D eigenvalue weighted by atomic mass is 16.5. The van der Waals surface area contributed by atoms with Gasteiger partial charge in [-0.15, -0.1) is 0 Å². The van der Waals surface area contributed by atoms with E-state index < -0.39 is 6.10 Å². The summed E-state index contributed by atoms with van der Waals surface area (Å²) in [6.07, 6.45) is 2.57. The second-order valence-corrected chi connectivity index (χ2v) is 4.34. The topological polar surface area (TPSA) is 76.7 Å². The number of ether oxygens (including phenoxy) is 2. The summed E-state index contributed by atoms with van der Waals surface area (Å²) < 4.78 is 12.2. The van der Waals surface area contributed by atoms with Crippen molar-refractivity contribution < 1.29 is 19.7 Å². The van der Waals surface area contributed by atoms with Gasteiger partial charge in [0.05, 0.1) is 33.5 Å². The van der Waals surface area contributed by atoms with Crippen LogP contribution in [0.4, 0.5) is 0 Å². The molecule has 0 aliphatic carbocycles. The van der Waals surface area contributed by atoms with E-state index in [2.05, 4.69) is 4.98 Å². The van der Waals surface area contributed by atoms with Crippen LogP contribution in [-0.2, 0) is 6.54 Å². The Hall–Kier alpha value is -2.05. The van der Waals surface area contributed by atoms with Gasteiger partial charge in [-0.2, -0.15) is 0 Å². The fourth-order valence-electron chi connectivity index (χ4n) is 1.94. The van der Waals surface area contributed by atoms with Crippen LogP contribution in [0.2, 0.25) is 0 Å². The summed E-state index contributed by atoms with van der Waals surface area (Å²) >= 11 is 0. The monoisotopic (exact) mass is 278 g/mol. The lowest BCUT2D eigenvalue weighted by Crippen LogP contribution is -2.19. The standard InChI is InChI=1S/C14H18N2O4/c1-19-12-5-10(6-13(7-12)20-2)14-15-3-4-16(14)8-11(18)9-17/h3-7,11,17-18H,8-9H2,1-2H3. The van der Waals surface area contributed by atoms with Gasteiger partial charge in [-0.3, -0.25) is 0 Å². The normalized spacial score (nSPS) is 12.2. The van der Waals surface area contributed by atoms with Gasteiger partial charge in [0.1, 0.15) is 17.3 Å². The van der Waals surface area contributed by atoms with Crippen LogP contribution < -0.4 is 9.47 Å². The number of aliphatic hydroxyl groups excluding tert-OH is 2. The Morgan fingerprint density at radius 3 is 2.40 bits per heavy atom. The molecule has 6 nitrogen and oxygen atoms in total. The van der Waals surface area contributed by atoms with E-state index in [-0.39, 0.29) is 13.2 Å². The van der Waals surface area contributed by atoms with Crippen molar-refractivity contribution in [3.05, 3.63) is 30.6 Å². The maximum Gasteiger partial charge on any atom is 0.140 e. The number of methoxy groups -OCH3 is 2. The third kappa shape index (κ3) is 3.09. The SMILES string of the molecule is COc1cc(OC)cc(-c2nccn2CC(O)CO)c1. The summed E-state index contributed by atoms with van der Waals surface area (Å²) in [5.74, 6) is 2.00. The summed E-state index contributed by atoms with van der Waals surface area (Å²) in [6.45, 7) is -0.0234. The lowest BCUT2D eigenvalue weighted by atomic mass is 10.2. The highest BCUT2D eigenvalue weighted by Crippen LogP contribution is 2.28. The van der Waals surface area contributed by atoms with Crippen molar-refractivity contribution in [2.24, 2.45) is 0 Å². The third-order valence-corrected chi connectivity index (χ3v) is 2.94. The van der Waals surface area contributed by atoms with Crippen molar-refractivity contribution in [3.8, 4) is 22.9 Å². The molecule has 0 fully saturated rings. The van der Waals surface area contributed by atoms with E-state index in [0.717, 1.165) is 5.56 Å². The molecule has 6 heteroatoms. The van der Waals surface area contributed by atoms with E-state index >= 15 is 0 Å². The van der Waals surface area contributed by atoms with Crippen LogP contribution in [0, 0.1) is 0 Å². The molecular weight excluding hydrogens is 260 g/mol. The maximum atomic E-state index is 9.55. The number of rotatable bonds is 6. The summed E-state index contributed by atoms with van der Waals surface area (Å²) in [5.41, 5.74) is 0.816. The van der Waals surface area contributed by atoms with Crippen molar-refractivity contribution in [3.63, 3.8) is 0 Å². The van der Waals surface area contributed by atoms with Crippen LogP contribution >= 0.6 is 0 Å². The lowest BCUT2D eigenvalue weighted by molar-refractivity contribution is 0.0816. The molecule has 1 heterocycles. The Balaban J connectivity index is 2.38. The molecule has 0 amide bonds. The van der Waals surface area contributed by atoms with Crippen LogP contribution in [0.1, 0.15) is 0 Å². The van der Waals surface area contributed by atoms with E-state index in [1.807, 2.05) is 12.1 Å². The molecule has 0 saturated heterocycles. The van der Waals surface area contributed by atoms with Crippen molar-refractivity contribution in [1.29, 1.82) is 0 Å². The zero-order valence-electron chi connectivity index (χ0n) is 11.5. The number of aliphatic hydroxyl groups is 2. The molecular formula is C14H18N2O4. The highest BCUT2D eigenvalue weighted by Gasteiger charge is 2.12. The maximum absolute atomic E-state index is 9.55. The zero-order chi connectivity index (χ0) is 14.5. The number of imidazole rings is 1. The molecule has 1 unspecified atom stereocenters. The molecule has 2 aromatic rings. The first-order chi connectivity index (χ1) is 9.67. The number of hydrogen-bond acceptors (Lipinski definition) is 5. The fourth-order valence-corrected chi connectivity index (χ4v) is 1.94. The van der Waals surface area contributed by atoms with Crippen LogP contribution in [-0.4, -0.2) is 46.7 Å². The Bertz CT molecular complexity index is 546. The summed E-state index contributed by atoms with van der Waals surface area (Å²) in [7, 11) is 3.17. The van der Waals surface area contributed by atoms with Crippen LogP contribution in [0.15, 0.2) is 30.6 Å². The molecule has 1 aromatic heterocycles. The summed E-state index contributed by atoms with van der Waals surface area (Å²) in [4.78, 5) is 4.28. The predicted molar refractivity (Wildman–Crippen MR) is 73.9 cm³/mol. The molecule has 0 aliphatic rings. The van der Waals surface area contributed by atoms with Crippen LogP contribution in [0.25, 0.3) is 11.4 Å². The van der Waals surface area contributed by atoms with Crippen LogP contribution in [0.5, 0.6) is 11.5 Å². The Labute approximate surface area is 117 Å². The van der Waals surface area contributed by atoms with Gasteiger partial charge in [0.2, 0.25) is 0 Å². The predicted octanol–water partition coefficient (Wildman–Crippen LogP) is 0.920. The van der Waals surface area contributed by atoms with Gasteiger partial charge < -0.3 is 24.3 Å². The molecule has 108 valence electrons. The second-order valence-electron chi connectivity index (χ2n) is 4.34. The van der Waals surface area contributed by atoms with Crippen LogP contribution in [0.3, 0.4) is 0 Å². The largest absolute Gasteiger partial charge is 0.497 e. The molecule has 0 saturated carbocycles. The van der Waals surface area contributed by atoms with Crippen molar-refractivity contribution in [2.75, 3.05) is 20.8 Å². The highest BCUT2D eigenvalue weighted by molar-refractivity contribution is 5.61. The van der Waals surface area contributed by atoms with Gasteiger partial charge in [-0.1, -0.05) is 0 Å². The van der Waals surface area contributed by atoms with Crippen molar-refractivity contribution in [1.82, 2.24) is 9.55 Å². The smallest absolute Gasteiger partial charge is 0.140 e. The average Bonchev–Trinajstić information content (AvgIpc) is 2.94. The van der Waals surface area contributed by atoms with E-state index in [4.69, 9.17) is 14.6 Å². The first kappa shape index (κ1) is 14.4. The summed E-state index contributed by atoms with van der Waals surface area (Å²) in [5, 5.41) is 18.5. The number of benzene rings is 1. The Kier molecular flexibility index (Phi) is 4.60. The lowest BCUT2D eigenvalue weighted by Gasteiger charge is -2.13. The average molecular weight is 278 g/mol. The van der Waals surface area contributed by atoms with E-state index in [9.17, 15) is 5.11 Å². The molecule has 20 heavy (non-hydrogen) atoms. The number of nitrogens with zero attached hydrogens (tertiary/aromatic N) is 2. The number of aromatic nitrogens is 2. The molecule has 0 radical (unpaired) electrons. The number of hydrogen-bond donors (Lipinski definition) is 2. The minimum absolute atomic E-state index is 0.269. The molecule has 2 rings (SSSR count). The van der Waals surface area contributed by atoms with Gasteiger partial charge >= 0.3 is 0 Å². The van der Waals surface area contributed by atoms with Gasteiger partial charge in [0, 0.05) is 24.0 Å². The molecule has 0 spiro atoms. The first-order valence-corrected chi connectivity index (χ1v) is 6.21. The third-order valence-electron chi connectivity index (χ3n) is 2.94. The molecule has 0 aliphatic heterocycles.